The quantitative estimate of drug-likeness (QED) is 0.254. The van der Waals surface area contributed by atoms with Gasteiger partial charge in [-0.15, -0.1) is 0 Å². The molecule has 1 spiro atoms. The van der Waals surface area contributed by atoms with E-state index in [-0.39, 0.29) is 23.7 Å². The van der Waals surface area contributed by atoms with Crippen molar-refractivity contribution in [3.8, 4) is 11.5 Å². The fraction of sp³-hybridized carbons (Fsp3) is 0.405. The van der Waals surface area contributed by atoms with Crippen LogP contribution in [0.15, 0.2) is 72.8 Å². The van der Waals surface area contributed by atoms with Crippen LogP contribution in [0.2, 0.25) is 0 Å². The fourth-order valence-corrected chi connectivity index (χ4v) is 8.85. The summed E-state index contributed by atoms with van der Waals surface area (Å²) in [5, 5.41) is 11.0. The van der Waals surface area contributed by atoms with E-state index >= 15 is 0 Å². The number of carbonyl (C=O) groups is 2. The first-order valence-electron chi connectivity index (χ1n) is 16.1. The monoisotopic (exact) mass is 646 g/mol. The average Bonchev–Trinajstić information content (AvgIpc) is 3.40. The van der Waals surface area contributed by atoms with Gasteiger partial charge in [0.25, 0.3) is 0 Å². The number of carbonyl (C=O) groups excluding carboxylic acids is 2. The molecule has 1 N–H and O–H groups in total. The molecule has 246 valence electrons. The van der Waals surface area contributed by atoms with Gasteiger partial charge in [-0.05, 0) is 79.6 Å². The van der Waals surface area contributed by atoms with E-state index in [0.29, 0.717) is 37.0 Å². The van der Waals surface area contributed by atoms with Gasteiger partial charge >= 0.3 is 12.1 Å². The number of rotatable bonds is 7. The van der Waals surface area contributed by atoms with E-state index in [1.807, 2.05) is 24.3 Å². The molecule has 0 radical (unpaired) electrons. The van der Waals surface area contributed by atoms with Crippen molar-refractivity contribution < 1.29 is 37.3 Å². The number of benzene rings is 3. The molecule has 1 saturated heterocycles. The van der Waals surface area contributed by atoms with Gasteiger partial charge in [0.1, 0.15) is 11.7 Å². The summed E-state index contributed by atoms with van der Waals surface area (Å²) in [5.41, 5.74) is 1.15. The molecule has 2 heterocycles. The van der Waals surface area contributed by atoms with Crippen LogP contribution in [0.3, 0.4) is 0 Å². The molecule has 0 unspecified atom stereocenters. The zero-order valence-corrected chi connectivity index (χ0v) is 26.3. The Labute approximate surface area is 271 Å². The second kappa shape index (κ2) is 11.4. The van der Waals surface area contributed by atoms with Crippen molar-refractivity contribution >= 4 is 18.0 Å². The first-order chi connectivity index (χ1) is 22.4. The lowest BCUT2D eigenvalue weighted by atomic mass is 9.48. The molecule has 1 amide bonds. The summed E-state index contributed by atoms with van der Waals surface area (Å²) in [6.45, 7) is 2.95. The predicted molar refractivity (Wildman–Crippen MR) is 169 cm³/mol. The van der Waals surface area contributed by atoms with Gasteiger partial charge in [-0.25, -0.2) is 0 Å². The lowest BCUT2D eigenvalue weighted by molar-refractivity contribution is -0.223. The Balaban J connectivity index is 1.22. The first kappa shape index (κ1) is 31.3. The molecule has 2 fully saturated rings. The second-order valence-corrected chi connectivity index (χ2v) is 13.2. The fourth-order valence-electron chi connectivity index (χ4n) is 8.85. The number of nitrogens with zero attached hydrogens (tertiary/aromatic N) is 2. The van der Waals surface area contributed by atoms with Crippen LogP contribution >= 0.6 is 0 Å². The molecule has 0 aromatic heterocycles. The van der Waals surface area contributed by atoms with Crippen molar-refractivity contribution in [2.45, 2.75) is 74.4 Å². The lowest BCUT2D eigenvalue weighted by Crippen LogP contribution is -2.79. The molecule has 2 aliphatic carbocycles. The molecule has 4 aliphatic rings. The third kappa shape index (κ3) is 4.99. The Morgan fingerprint density at radius 1 is 1.09 bits per heavy atom. The van der Waals surface area contributed by atoms with Crippen LogP contribution in [0, 0.1) is 0 Å². The summed E-state index contributed by atoms with van der Waals surface area (Å²) < 4.78 is 52.2. The van der Waals surface area contributed by atoms with Gasteiger partial charge in [-0.1, -0.05) is 48.5 Å². The molecule has 3 aromatic carbocycles. The first-order valence-corrected chi connectivity index (χ1v) is 16.1. The van der Waals surface area contributed by atoms with E-state index in [2.05, 4.69) is 17.0 Å². The molecule has 5 atom stereocenters. The number of ether oxygens (including phenoxy) is 2. The summed E-state index contributed by atoms with van der Waals surface area (Å²) >= 11 is 0. The van der Waals surface area contributed by atoms with Gasteiger partial charge in [0.05, 0.1) is 23.1 Å². The van der Waals surface area contributed by atoms with Gasteiger partial charge < -0.3 is 19.5 Å². The highest BCUT2D eigenvalue weighted by atomic mass is 19.4. The molecule has 10 heteroatoms. The van der Waals surface area contributed by atoms with Crippen molar-refractivity contribution in [2.24, 2.45) is 0 Å². The Hall–Kier alpha value is -4.31. The third-order valence-electron chi connectivity index (χ3n) is 10.9. The molecule has 47 heavy (non-hydrogen) atoms. The van der Waals surface area contributed by atoms with Gasteiger partial charge in [0.15, 0.2) is 11.5 Å². The minimum atomic E-state index is -4.44. The van der Waals surface area contributed by atoms with E-state index in [1.54, 1.807) is 18.0 Å². The molecular weight excluding hydrogens is 609 g/mol. The summed E-state index contributed by atoms with van der Waals surface area (Å²) in [7, 11) is 1.70. The zero-order chi connectivity index (χ0) is 33.1. The number of hydrogen-bond donors (Lipinski definition) is 1. The van der Waals surface area contributed by atoms with Crippen molar-refractivity contribution in [1.29, 1.82) is 0 Å². The van der Waals surface area contributed by atoms with Crippen LogP contribution in [0.4, 0.5) is 13.2 Å². The smallest absolute Gasteiger partial charge is 0.416 e. The van der Waals surface area contributed by atoms with Crippen LogP contribution in [-0.2, 0) is 38.8 Å². The standard InChI is InChI=1S/C37H37F3N2O5/c1-23(43)47-36-18-16-28(41(2)31(45)15-10-25-8-12-27(13-9-25)37(38,39)40)34-35(36)19-21-42(20-17-24-6-4-3-5-7-24)30(36)22-26-11-14-29(44)33(46-34)32(26)35/h3-15,28,30,34,44H,16-22H2,1-2H3/t28-,30+,34-,35-,36+/m0/s1. The van der Waals surface area contributed by atoms with E-state index in [4.69, 9.17) is 9.47 Å². The van der Waals surface area contributed by atoms with E-state index < -0.39 is 34.9 Å². The topological polar surface area (TPSA) is 79.3 Å². The highest BCUT2D eigenvalue weighted by Gasteiger charge is 2.75. The van der Waals surface area contributed by atoms with Gasteiger partial charge in [-0.2, -0.15) is 13.2 Å². The Morgan fingerprint density at radius 3 is 2.53 bits per heavy atom. The molecule has 7 rings (SSSR count). The van der Waals surface area contributed by atoms with Crippen LogP contribution in [0.1, 0.15) is 54.0 Å². The van der Waals surface area contributed by atoms with Crippen LogP contribution < -0.4 is 4.74 Å². The summed E-state index contributed by atoms with van der Waals surface area (Å²) in [4.78, 5) is 30.6. The zero-order valence-electron chi connectivity index (χ0n) is 26.3. The molecule has 7 nitrogen and oxygen atoms in total. The van der Waals surface area contributed by atoms with Crippen molar-refractivity contribution in [2.75, 3.05) is 20.1 Å². The Morgan fingerprint density at radius 2 is 1.83 bits per heavy atom. The average molecular weight is 647 g/mol. The number of amides is 1. The number of aromatic hydroxyl groups is 1. The van der Waals surface area contributed by atoms with Crippen molar-refractivity contribution in [3.05, 3.63) is 101 Å². The van der Waals surface area contributed by atoms with E-state index in [1.165, 1.54) is 36.8 Å². The molecule has 3 aromatic rings. The summed E-state index contributed by atoms with van der Waals surface area (Å²) in [6.07, 6.45) is 0.903. The lowest BCUT2D eigenvalue weighted by Gasteiger charge is -2.65. The number of hydrogen-bond acceptors (Lipinski definition) is 6. The minimum Gasteiger partial charge on any atom is -0.504 e. The van der Waals surface area contributed by atoms with E-state index in [9.17, 15) is 27.9 Å². The minimum absolute atomic E-state index is 0.0177. The van der Waals surface area contributed by atoms with Crippen LogP contribution in [0.5, 0.6) is 11.5 Å². The molecule has 2 bridgehead atoms. The SMILES string of the molecule is CC(=O)O[C@@]12CC[C@H](N(C)C(=O)C=Cc3ccc(C(F)(F)F)cc3)[C@@H]3Oc4c(O)ccc5c4[C@@]31CCN(CCc1ccccc1)[C@@H]2C5. The second-order valence-electron chi connectivity index (χ2n) is 13.2. The van der Waals surface area contributed by atoms with Crippen molar-refractivity contribution in [3.63, 3.8) is 0 Å². The maximum Gasteiger partial charge on any atom is 0.416 e. The number of phenolic OH excluding ortho intramolecular Hbond substituents is 1. The predicted octanol–water partition coefficient (Wildman–Crippen LogP) is 5.92. The number of likely N-dealkylation sites (N-methyl/N-ethyl adjacent to an activating group) is 1. The highest BCUT2D eigenvalue weighted by Crippen LogP contribution is 2.67. The maximum absolute atomic E-state index is 13.6. The number of piperidine rings is 1. The Kier molecular flexibility index (Phi) is 7.62. The van der Waals surface area contributed by atoms with Gasteiger partial charge in [0.2, 0.25) is 5.91 Å². The largest absolute Gasteiger partial charge is 0.504 e. The number of esters is 1. The number of phenols is 1. The van der Waals surface area contributed by atoms with E-state index in [0.717, 1.165) is 42.8 Å². The molecular formula is C37H37F3N2O5. The van der Waals surface area contributed by atoms with Gasteiger partial charge in [0, 0.05) is 32.2 Å². The van der Waals surface area contributed by atoms with Crippen molar-refractivity contribution in [1.82, 2.24) is 9.80 Å². The Bertz CT molecular complexity index is 1730. The van der Waals surface area contributed by atoms with Crippen LogP contribution in [0.25, 0.3) is 6.08 Å². The van der Waals surface area contributed by atoms with Gasteiger partial charge in [-0.3, -0.25) is 14.5 Å². The third-order valence-corrected chi connectivity index (χ3v) is 10.9. The number of likely N-dealkylation sites (tertiary alicyclic amines) is 1. The normalized spacial score (nSPS) is 27.6. The van der Waals surface area contributed by atoms with Crippen LogP contribution in [-0.4, -0.2) is 70.7 Å². The summed E-state index contributed by atoms with van der Waals surface area (Å²) in [6, 6.07) is 18.0. The highest BCUT2D eigenvalue weighted by molar-refractivity contribution is 5.92. The number of halogens is 3. The summed E-state index contributed by atoms with van der Waals surface area (Å²) in [5.74, 6) is -0.294. The molecule has 2 aliphatic heterocycles. The molecule has 1 saturated carbocycles. The maximum atomic E-state index is 13.6. The number of alkyl halides is 3.